The number of hydrogen-bond donors (Lipinski definition) is 2. The largest absolute Gasteiger partial charge is 0.496 e. The molecule has 2 fully saturated rings. The summed E-state index contributed by atoms with van der Waals surface area (Å²) in [4.78, 5) is 0. The van der Waals surface area contributed by atoms with Gasteiger partial charge >= 0.3 is 0 Å². The summed E-state index contributed by atoms with van der Waals surface area (Å²) in [5.41, 5.74) is 2.63. The quantitative estimate of drug-likeness (QED) is 0.797. The molecule has 144 valence electrons. The molecule has 2 aromatic carbocycles. The predicted octanol–water partition coefficient (Wildman–Crippen LogP) is 4.84. The first-order valence-electron chi connectivity index (χ1n) is 10.5. The van der Waals surface area contributed by atoms with Gasteiger partial charge in [-0.2, -0.15) is 0 Å². The Morgan fingerprint density at radius 2 is 1.70 bits per heavy atom. The zero-order valence-electron chi connectivity index (χ0n) is 16.4. The summed E-state index contributed by atoms with van der Waals surface area (Å²) in [5.74, 6) is 1.81. The number of methoxy groups -OCH3 is 1. The van der Waals surface area contributed by atoms with E-state index >= 15 is 0 Å². The van der Waals surface area contributed by atoms with E-state index < -0.39 is 0 Å². The van der Waals surface area contributed by atoms with Crippen molar-refractivity contribution in [2.45, 2.75) is 63.2 Å². The SMILES string of the molecule is COc1ccccc1CNC1CCC2CCCCC2NC1c1ccccc1. The van der Waals surface area contributed by atoms with Crippen LogP contribution in [0.2, 0.25) is 0 Å². The first kappa shape index (κ1) is 18.5. The van der Waals surface area contributed by atoms with E-state index in [1.54, 1.807) is 7.11 Å². The highest BCUT2D eigenvalue weighted by molar-refractivity contribution is 5.33. The second kappa shape index (κ2) is 8.90. The van der Waals surface area contributed by atoms with E-state index in [9.17, 15) is 0 Å². The van der Waals surface area contributed by atoms with Crippen molar-refractivity contribution in [2.75, 3.05) is 7.11 Å². The molecule has 2 aromatic rings. The molecule has 4 unspecified atom stereocenters. The lowest BCUT2D eigenvalue weighted by atomic mass is 9.82. The number of fused-ring (bicyclic) bond motifs is 1. The summed E-state index contributed by atoms with van der Waals surface area (Å²) in [6, 6.07) is 20.8. The topological polar surface area (TPSA) is 33.3 Å². The maximum Gasteiger partial charge on any atom is 0.123 e. The van der Waals surface area contributed by atoms with Crippen molar-refractivity contribution in [2.24, 2.45) is 5.92 Å². The minimum atomic E-state index is 0.369. The molecule has 1 saturated carbocycles. The fourth-order valence-electron chi connectivity index (χ4n) is 4.98. The molecule has 0 bridgehead atoms. The highest BCUT2D eigenvalue weighted by Gasteiger charge is 2.34. The Labute approximate surface area is 163 Å². The molecule has 4 atom stereocenters. The molecule has 27 heavy (non-hydrogen) atoms. The van der Waals surface area contributed by atoms with Crippen molar-refractivity contribution in [3.05, 3.63) is 65.7 Å². The molecule has 4 rings (SSSR count). The third-order valence-corrected chi connectivity index (χ3v) is 6.46. The van der Waals surface area contributed by atoms with E-state index in [0.29, 0.717) is 18.1 Å². The number of nitrogens with one attached hydrogen (secondary N) is 2. The van der Waals surface area contributed by atoms with Crippen LogP contribution in [0.1, 0.15) is 55.7 Å². The van der Waals surface area contributed by atoms with E-state index in [4.69, 9.17) is 4.74 Å². The predicted molar refractivity (Wildman–Crippen MR) is 111 cm³/mol. The van der Waals surface area contributed by atoms with Crippen LogP contribution in [-0.4, -0.2) is 19.2 Å². The lowest BCUT2D eigenvalue weighted by Gasteiger charge is -2.34. The maximum atomic E-state index is 5.54. The van der Waals surface area contributed by atoms with Gasteiger partial charge in [0.2, 0.25) is 0 Å². The Morgan fingerprint density at radius 1 is 0.926 bits per heavy atom. The smallest absolute Gasteiger partial charge is 0.123 e. The van der Waals surface area contributed by atoms with E-state index in [0.717, 1.165) is 18.2 Å². The Hall–Kier alpha value is -1.84. The number of ether oxygens (including phenoxy) is 1. The highest BCUT2D eigenvalue weighted by Crippen LogP contribution is 2.35. The third kappa shape index (κ3) is 4.36. The van der Waals surface area contributed by atoms with Gasteiger partial charge in [-0.1, -0.05) is 61.4 Å². The van der Waals surface area contributed by atoms with Crippen LogP contribution in [0.5, 0.6) is 5.75 Å². The number of benzene rings is 2. The molecule has 0 spiro atoms. The van der Waals surface area contributed by atoms with Crippen LogP contribution >= 0.6 is 0 Å². The van der Waals surface area contributed by atoms with Crippen molar-refractivity contribution in [1.29, 1.82) is 0 Å². The molecule has 2 N–H and O–H groups in total. The van der Waals surface area contributed by atoms with Crippen molar-refractivity contribution in [3.63, 3.8) is 0 Å². The molecule has 3 nitrogen and oxygen atoms in total. The van der Waals surface area contributed by atoms with Gasteiger partial charge in [-0.3, -0.25) is 0 Å². The summed E-state index contributed by atoms with van der Waals surface area (Å²) in [5, 5.41) is 7.92. The van der Waals surface area contributed by atoms with Gasteiger partial charge in [0, 0.05) is 30.2 Å². The van der Waals surface area contributed by atoms with Gasteiger partial charge in [0.05, 0.1) is 7.11 Å². The summed E-state index contributed by atoms with van der Waals surface area (Å²) in [7, 11) is 1.75. The van der Waals surface area contributed by atoms with Gasteiger partial charge in [0.1, 0.15) is 5.75 Å². The van der Waals surface area contributed by atoms with Crippen LogP contribution in [-0.2, 0) is 6.54 Å². The molecule has 0 radical (unpaired) electrons. The number of para-hydroxylation sites is 1. The average molecular weight is 365 g/mol. The lowest BCUT2D eigenvalue weighted by molar-refractivity contribution is 0.253. The van der Waals surface area contributed by atoms with E-state index in [1.807, 2.05) is 12.1 Å². The Bertz CT molecular complexity index is 717. The second-order valence-electron chi connectivity index (χ2n) is 8.08. The van der Waals surface area contributed by atoms with Crippen molar-refractivity contribution in [3.8, 4) is 5.75 Å². The van der Waals surface area contributed by atoms with Gasteiger partial charge in [0.15, 0.2) is 0 Å². The third-order valence-electron chi connectivity index (χ3n) is 6.46. The lowest BCUT2D eigenvalue weighted by Crippen LogP contribution is -2.45. The average Bonchev–Trinajstić information content (AvgIpc) is 2.92. The first-order valence-corrected chi connectivity index (χ1v) is 10.5. The molecule has 1 heterocycles. The molecule has 1 saturated heterocycles. The monoisotopic (exact) mass is 364 g/mol. The Kier molecular flexibility index (Phi) is 6.10. The van der Waals surface area contributed by atoms with E-state index in [-0.39, 0.29) is 0 Å². The zero-order valence-corrected chi connectivity index (χ0v) is 16.4. The van der Waals surface area contributed by atoms with Crippen LogP contribution in [0.4, 0.5) is 0 Å². The van der Waals surface area contributed by atoms with Gasteiger partial charge in [-0.05, 0) is 43.2 Å². The summed E-state index contributed by atoms with van der Waals surface area (Å²) in [6.45, 7) is 0.842. The van der Waals surface area contributed by atoms with Crippen molar-refractivity contribution in [1.82, 2.24) is 10.6 Å². The van der Waals surface area contributed by atoms with Gasteiger partial charge in [-0.25, -0.2) is 0 Å². The number of rotatable bonds is 5. The number of hydrogen-bond acceptors (Lipinski definition) is 3. The molecule has 3 heteroatoms. The fraction of sp³-hybridized carbons (Fsp3) is 0.500. The fourth-order valence-corrected chi connectivity index (χ4v) is 4.98. The second-order valence-corrected chi connectivity index (χ2v) is 8.08. The zero-order chi connectivity index (χ0) is 18.5. The van der Waals surface area contributed by atoms with Gasteiger partial charge < -0.3 is 15.4 Å². The maximum absolute atomic E-state index is 5.54. The van der Waals surface area contributed by atoms with Crippen LogP contribution in [0.15, 0.2) is 54.6 Å². The summed E-state index contributed by atoms with van der Waals surface area (Å²) >= 11 is 0. The normalized spacial score (nSPS) is 28.2. The van der Waals surface area contributed by atoms with E-state index in [1.165, 1.54) is 49.7 Å². The summed E-state index contributed by atoms with van der Waals surface area (Å²) < 4.78 is 5.54. The molecular weight excluding hydrogens is 332 g/mol. The molecule has 2 aliphatic rings. The Morgan fingerprint density at radius 3 is 2.56 bits per heavy atom. The van der Waals surface area contributed by atoms with Crippen LogP contribution in [0, 0.1) is 5.92 Å². The molecule has 1 aliphatic carbocycles. The van der Waals surface area contributed by atoms with Gasteiger partial charge in [-0.15, -0.1) is 0 Å². The molecular formula is C24H32N2O. The highest BCUT2D eigenvalue weighted by atomic mass is 16.5. The minimum Gasteiger partial charge on any atom is -0.496 e. The van der Waals surface area contributed by atoms with Crippen LogP contribution < -0.4 is 15.4 Å². The molecule has 0 amide bonds. The van der Waals surface area contributed by atoms with Crippen molar-refractivity contribution >= 4 is 0 Å². The standard InChI is InChI=1S/C24H32N2O/c1-27-23-14-8-6-12-20(23)17-25-22-16-15-18-9-5-7-13-21(18)26-24(22)19-10-3-2-4-11-19/h2-4,6,8,10-12,14,18,21-22,24-26H,5,7,9,13,15-17H2,1H3. The van der Waals surface area contributed by atoms with Crippen LogP contribution in [0.3, 0.4) is 0 Å². The van der Waals surface area contributed by atoms with Crippen molar-refractivity contribution < 1.29 is 4.74 Å². The molecule has 0 aromatic heterocycles. The Balaban J connectivity index is 1.54. The first-order chi connectivity index (χ1) is 13.3. The van der Waals surface area contributed by atoms with Crippen LogP contribution in [0.25, 0.3) is 0 Å². The van der Waals surface area contributed by atoms with E-state index in [2.05, 4.69) is 53.1 Å². The molecule has 1 aliphatic heterocycles. The minimum absolute atomic E-state index is 0.369. The van der Waals surface area contributed by atoms with Gasteiger partial charge in [0.25, 0.3) is 0 Å². The summed E-state index contributed by atoms with van der Waals surface area (Å²) in [6.07, 6.45) is 8.03.